The fraction of sp³-hybridized carbons (Fsp3) is 0.321. The molecule has 2 fully saturated rings. The molecule has 2 aliphatic heterocycles. The van der Waals surface area contributed by atoms with Gasteiger partial charge < -0.3 is 14.7 Å². The van der Waals surface area contributed by atoms with Gasteiger partial charge in [0.05, 0.1) is 34.4 Å². The second-order valence-electron chi connectivity index (χ2n) is 9.72. The van der Waals surface area contributed by atoms with E-state index in [2.05, 4.69) is 26.2 Å². The van der Waals surface area contributed by atoms with Crippen molar-refractivity contribution in [1.82, 2.24) is 25.0 Å². The zero-order valence-corrected chi connectivity index (χ0v) is 20.4. The van der Waals surface area contributed by atoms with Gasteiger partial charge in [0.1, 0.15) is 6.07 Å². The SMILES string of the molecule is N#Cc1cnc2ccccc2c1N1CCN(C(=O)C2CCCN(C(=O)c3ccc4[nH]ncc4c3)C2)CC1. The zero-order chi connectivity index (χ0) is 25.4. The number of carbonyl (C=O) groups excluding carboxylic acids is 2. The number of H-pyrrole nitrogens is 1. The molecule has 2 saturated heterocycles. The third-order valence-electron chi connectivity index (χ3n) is 7.52. The number of aromatic amines is 1. The highest BCUT2D eigenvalue weighted by atomic mass is 16.2. The van der Waals surface area contributed by atoms with Crippen molar-refractivity contribution in [3.05, 3.63) is 66.0 Å². The molecule has 0 spiro atoms. The number of hydrogen-bond donors (Lipinski definition) is 1. The number of pyridine rings is 1. The van der Waals surface area contributed by atoms with Gasteiger partial charge in [0.15, 0.2) is 0 Å². The molecule has 1 unspecified atom stereocenters. The van der Waals surface area contributed by atoms with Crippen molar-refractivity contribution in [2.75, 3.05) is 44.2 Å². The first kappa shape index (κ1) is 23.0. The maximum Gasteiger partial charge on any atom is 0.253 e. The van der Waals surface area contributed by atoms with Crippen LogP contribution < -0.4 is 4.90 Å². The van der Waals surface area contributed by atoms with Crippen LogP contribution in [0.1, 0.15) is 28.8 Å². The summed E-state index contributed by atoms with van der Waals surface area (Å²) in [5, 5.41) is 18.5. The molecular formula is C28H27N7O2. The first-order chi connectivity index (χ1) is 18.1. The zero-order valence-electron chi connectivity index (χ0n) is 20.4. The molecule has 2 aromatic heterocycles. The number of carbonyl (C=O) groups is 2. The Morgan fingerprint density at radius 1 is 1.00 bits per heavy atom. The lowest BCUT2D eigenvalue weighted by molar-refractivity contribution is -0.137. The Morgan fingerprint density at radius 2 is 1.84 bits per heavy atom. The van der Waals surface area contributed by atoms with E-state index in [0.29, 0.717) is 50.4 Å². The summed E-state index contributed by atoms with van der Waals surface area (Å²) in [6.07, 6.45) is 4.94. The Balaban J connectivity index is 1.13. The fourth-order valence-corrected chi connectivity index (χ4v) is 5.58. The van der Waals surface area contributed by atoms with Crippen LogP contribution in [-0.4, -0.2) is 76.1 Å². The van der Waals surface area contributed by atoms with Crippen LogP contribution in [0.15, 0.2) is 54.9 Å². The summed E-state index contributed by atoms with van der Waals surface area (Å²) >= 11 is 0. The molecule has 186 valence electrons. The number of nitrogens with zero attached hydrogens (tertiary/aromatic N) is 6. The Morgan fingerprint density at radius 3 is 2.68 bits per heavy atom. The number of fused-ring (bicyclic) bond motifs is 2. The summed E-state index contributed by atoms with van der Waals surface area (Å²) < 4.78 is 0. The van der Waals surface area contributed by atoms with E-state index in [1.54, 1.807) is 12.4 Å². The van der Waals surface area contributed by atoms with Crippen molar-refractivity contribution in [3.63, 3.8) is 0 Å². The first-order valence-electron chi connectivity index (χ1n) is 12.7. The van der Waals surface area contributed by atoms with Crippen molar-refractivity contribution in [3.8, 4) is 6.07 Å². The predicted molar refractivity (Wildman–Crippen MR) is 140 cm³/mol. The number of piperazine rings is 1. The molecular weight excluding hydrogens is 466 g/mol. The summed E-state index contributed by atoms with van der Waals surface area (Å²) in [6.45, 7) is 3.56. The molecule has 9 nitrogen and oxygen atoms in total. The van der Waals surface area contributed by atoms with E-state index < -0.39 is 0 Å². The van der Waals surface area contributed by atoms with Gasteiger partial charge >= 0.3 is 0 Å². The summed E-state index contributed by atoms with van der Waals surface area (Å²) in [5.74, 6) is -0.125. The van der Waals surface area contributed by atoms with Gasteiger partial charge in [-0.25, -0.2) is 0 Å². The van der Waals surface area contributed by atoms with Crippen molar-refractivity contribution in [1.29, 1.82) is 5.26 Å². The number of rotatable bonds is 3. The minimum Gasteiger partial charge on any atom is -0.366 e. The van der Waals surface area contributed by atoms with E-state index >= 15 is 0 Å². The summed E-state index contributed by atoms with van der Waals surface area (Å²) in [5.41, 5.74) is 3.81. The lowest BCUT2D eigenvalue weighted by Gasteiger charge is -2.40. The van der Waals surface area contributed by atoms with E-state index in [1.165, 1.54) is 0 Å². The molecule has 0 saturated carbocycles. The molecule has 9 heteroatoms. The van der Waals surface area contributed by atoms with Crippen LogP contribution >= 0.6 is 0 Å². The van der Waals surface area contributed by atoms with Gasteiger partial charge in [-0.3, -0.25) is 19.7 Å². The summed E-state index contributed by atoms with van der Waals surface area (Å²) in [7, 11) is 0. The predicted octanol–water partition coefficient (Wildman–Crippen LogP) is 3.18. The van der Waals surface area contributed by atoms with Crippen molar-refractivity contribution < 1.29 is 9.59 Å². The second-order valence-corrected chi connectivity index (χ2v) is 9.72. The summed E-state index contributed by atoms with van der Waals surface area (Å²) in [4.78, 5) is 37.0. The van der Waals surface area contributed by atoms with E-state index in [0.717, 1.165) is 40.3 Å². The highest BCUT2D eigenvalue weighted by molar-refractivity contribution is 5.98. The molecule has 4 heterocycles. The topological polar surface area (TPSA) is 109 Å². The Bertz CT molecular complexity index is 1530. The standard InChI is InChI=1S/C28H27N7O2/c29-15-22-16-30-25-6-2-1-5-23(25)26(22)33-10-12-34(13-11-33)28(37)20-4-3-9-35(18-20)27(36)19-7-8-24-21(14-19)17-31-32-24/h1-2,5-8,14,16-17,20H,3-4,9-13,18H2,(H,31,32). The number of anilines is 1. The van der Waals surface area contributed by atoms with Gasteiger partial charge in [-0.15, -0.1) is 0 Å². The van der Waals surface area contributed by atoms with E-state index in [4.69, 9.17) is 0 Å². The van der Waals surface area contributed by atoms with Crippen LogP contribution in [0.25, 0.3) is 21.8 Å². The largest absolute Gasteiger partial charge is 0.366 e. The van der Waals surface area contributed by atoms with Gasteiger partial charge in [0.25, 0.3) is 5.91 Å². The number of nitrogens with one attached hydrogen (secondary N) is 1. The molecule has 4 aromatic rings. The molecule has 1 atom stereocenters. The quantitative estimate of drug-likeness (QED) is 0.470. The Labute approximate surface area is 214 Å². The van der Waals surface area contributed by atoms with Crippen LogP contribution in [0, 0.1) is 17.2 Å². The first-order valence-corrected chi connectivity index (χ1v) is 12.7. The van der Waals surface area contributed by atoms with Crippen LogP contribution in [0.4, 0.5) is 5.69 Å². The number of nitriles is 1. The molecule has 0 bridgehead atoms. The monoisotopic (exact) mass is 493 g/mol. The number of piperidine rings is 1. The molecule has 0 aliphatic carbocycles. The number of para-hydroxylation sites is 1. The second kappa shape index (κ2) is 9.54. The van der Waals surface area contributed by atoms with Gasteiger partial charge in [-0.1, -0.05) is 18.2 Å². The molecule has 0 radical (unpaired) electrons. The molecule has 2 amide bonds. The number of likely N-dealkylation sites (tertiary alicyclic amines) is 1. The third kappa shape index (κ3) is 4.25. The van der Waals surface area contributed by atoms with Gasteiger partial charge in [0, 0.05) is 61.8 Å². The lowest BCUT2D eigenvalue weighted by atomic mass is 9.95. The van der Waals surface area contributed by atoms with Crippen molar-refractivity contribution in [2.24, 2.45) is 5.92 Å². The van der Waals surface area contributed by atoms with E-state index in [9.17, 15) is 14.9 Å². The smallest absolute Gasteiger partial charge is 0.253 e. The fourth-order valence-electron chi connectivity index (χ4n) is 5.58. The highest BCUT2D eigenvalue weighted by Gasteiger charge is 2.33. The lowest BCUT2D eigenvalue weighted by Crippen LogP contribution is -2.53. The van der Waals surface area contributed by atoms with Crippen molar-refractivity contribution in [2.45, 2.75) is 12.8 Å². The molecule has 6 rings (SSSR count). The van der Waals surface area contributed by atoms with Crippen LogP contribution in [-0.2, 0) is 4.79 Å². The molecule has 2 aromatic carbocycles. The van der Waals surface area contributed by atoms with Gasteiger partial charge in [-0.2, -0.15) is 10.4 Å². The normalized spacial score (nSPS) is 18.2. The summed E-state index contributed by atoms with van der Waals surface area (Å²) in [6, 6.07) is 15.6. The van der Waals surface area contributed by atoms with Crippen LogP contribution in [0.5, 0.6) is 0 Å². The average Bonchev–Trinajstić information content (AvgIpc) is 3.44. The van der Waals surface area contributed by atoms with Gasteiger partial charge in [-0.05, 0) is 37.1 Å². The number of aromatic nitrogens is 3. The highest BCUT2D eigenvalue weighted by Crippen LogP contribution is 2.30. The maximum atomic E-state index is 13.5. The number of hydrogen-bond acceptors (Lipinski definition) is 6. The van der Waals surface area contributed by atoms with Crippen LogP contribution in [0.3, 0.4) is 0 Å². The minimum absolute atomic E-state index is 0.0426. The molecule has 37 heavy (non-hydrogen) atoms. The Kier molecular flexibility index (Phi) is 5.93. The minimum atomic E-state index is -0.196. The van der Waals surface area contributed by atoms with Gasteiger partial charge in [0.2, 0.25) is 5.91 Å². The van der Waals surface area contributed by atoms with E-state index in [1.807, 2.05) is 52.3 Å². The number of amides is 2. The van der Waals surface area contributed by atoms with Crippen LogP contribution in [0.2, 0.25) is 0 Å². The Hall–Kier alpha value is -4.45. The number of benzene rings is 2. The molecule has 2 aliphatic rings. The van der Waals surface area contributed by atoms with Crippen molar-refractivity contribution >= 4 is 39.3 Å². The van der Waals surface area contributed by atoms with E-state index in [-0.39, 0.29) is 17.7 Å². The average molecular weight is 494 g/mol. The third-order valence-corrected chi connectivity index (χ3v) is 7.52. The maximum absolute atomic E-state index is 13.5. The molecule has 1 N–H and O–H groups in total.